The first-order valence-corrected chi connectivity index (χ1v) is 10.2. The number of nitrogens with zero attached hydrogens (tertiary/aromatic N) is 5. The lowest BCUT2D eigenvalue weighted by Crippen LogP contribution is -2.28. The number of halogens is 2. The molecule has 5 rings (SSSR count). The van der Waals surface area contributed by atoms with Crippen molar-refractivity contribution >= 4 is 11.6 Å². The van der Waals surface area contributed by atoms with Crippen LogP contribution in [0.15, 0.2) is 53.2 Å². The van der Waals surface area contributed by atoms with Crippen molar-refractivity contribution in [2.45, 2.75) is 38.4 Å². The van der Waals surface area contributed by atoms with Crippen LogP contribution in [0.5, 0.6) is 0 Å². The SMILES string of the molecule is Cc1cc(-c2nc(-c3ccc(C4(F)CCC4)cc3)no2)nn1Cc1ccc(Cl)nc1. The molecule has 1 aromatic carbocycles. The number of hydrogen-bond acceptors (Lipinski definition) is 5. The molecule has 8 heteroatoms. The number of rotatable bonds is 5. The Morgan fingerprint density at radius 1 is 1.17 bits per heavy atom. The van der Waals surface area contributed by atoms with E-state index in [0.717, 1.165) is 23.2 Å². The van der Waals surface area contributed by atoms with Crippen LogP contribution in [0.25, 0.3) is 23.0 Å². The maximum absolute atomic E-state index is 14.5. The van der Waals surface area contributed by atoms with Gasteiger partial charge in [-0.25, -0.2) is 9.37 Å². The summed E-state index contributed by atoms with van der Waals surface area (Å²) in [6.07, 6.45) is 3.84. The molecule has 1 aliphatic carbocycles. The zero-order valence-corrected chi connectivity index (χ0v) is 17.1. The fourth-order valence-corrected chi connectivity index (χ4v) is 3.70. The molecule has 1 aliphatic rings. The van der Waals surface area contributed by atoms with E-state index in [1.165, 1.54) is 0 Å². The summed E-state index contributed by atoms with van der Waals surface area (Å²) < 4.78 is 21.8. The normalized spacial score (nSPS) is 15.2. The van der Waals surface area contributed by atoms with Crippen LogP contribution in [0.4, 0.5) is 4.39 Å². The van der Waals surface area contributed by atoms with Crippen molar-refractivity contribution in [2.24, 2.45) is 0 Å². The van der Waals surface area contributed by atoms with Crippen LogP contribution in [0.2, 0.25) is 5.15 Å². The molecule has 0 radical (unpaired) electrons. The van der Waals surface area contributed by atoms with Gasteiger partial charge in [-0.3, -0.25) is 4.68 Å². The molecule has 1 saturated carbocycles. The summed E-state index contributed by atoms with van der Waals surface area (Å²) in [5.74, 6) is 0.790. The van der Waals surface area contributed by atoms with Gasteiger partial charge in [-0.1, -0.05) is 47.1 Å². The van der Waals surface area contributed by atoms with E-state index in [1.807, 2.05) is 48.0 Å². The summed E-state index contributed by atoms with van der Waals surface area (Å²) >= 11 is 5.84. The first-order chi connectivity index (χ1) is 14.5. The maximum Gasteiger partial charge on any atom is 0.278 e. The number of aromatic nitrogens is 5. The second kappa shape index (κ2) is 7.32. The van der Waals surface area contributed by atoms with Crippen molar-refractivity contribution in [1.29, 1.82) is 0 Å². The van der Waals surface area contributed by atoms with E-state index in [0.29, 0.717) is 47.5 Å². The largest absolute Gasteiger partial charge is 0.332 e. The lowest BCUT2D eigenvalue weighted by atomic mass is 9.77. The number of aryl methyl sites for hydroxylation is 1. The van der Waals surface area contributed by atoms with Gasteiger partial charge in [0.25, 0.3) is 5.89 Å². The topological polar surface area (TPSA) is 69.6 Å². The van der Waals surface area contributed by atoms with Crippen LogP contribution >= 0.6 is 11.6 Å². The molecule has 3 aromatic heterocycles. The van der Waals surface area contributed by atoms with E-state index in [4.69, 9.17) is 16.1 Å². The van der Waals surface area contributed by atoms with E-state index in [-0.39, 0.29) is 0 Å². The van der Waals surface area contributed by atoms with Crippen molar-refractivity contribution in [1.82, 2.24) is 24.9 Å². The van der Waals surface area contributed by atoms with Crippen molar-refractivity contribution in [3.63, 3.8) is 0 Å². The van der Waals surface area contributed by atoms with E-state index >= 15 is 0 Å². The highest BCUT2D eigenvalue weighted by Gasteiger charge is 2.38. The Labute approximate surface area is 177 Å². The Kier molecular flexibility index (Phi) is 4.62. The molecular formula is C22H19ClFN5O. The zero-order chi connectivity index (χ0) is 20.7. The van der Waals surface area contributed by atoms with Gasteiger partial charge in [0.2, 0.25) is 5.82 Å². The Bertz CT molecular complexity index is 1180. The Morgan fingerprint density at radius 3 is 2.63 bits per heavy atom. The summed E-state index contributed by atoms with van der Waals surface area (Å²) in [5, 5.41) is 9.10. The second-order valence-corrected chi connectivity index (χ2v) is 8.02. The maximum atomic E-state index is 14.5. The highest BCUT2D eigenvalue weighted by atomic mass is 35.5. The van der Waals surface area contributed by atoms with Gasteiger partial charge in [-0.2, -0.15) is 10.1 Å². The van der Waals surface area contributed by atoms with Crippen LogP contribution < -0.4 is 0 Å². The molecular weight excluding hydrogens is 405 g/mol. The summed E-state index contributed by atoms with van der Waals surface area (Å²) in [7, 11) is 0. The molecule has 0 aliphatic heterocycles. The second-order valence-electron chi connectivity index (χ2n) is 7.64. The highest BCUT2D eigenvalue weighted by Crippen LogP contribution is 2.45. The lowest BCUT2D eigenvalue weighted by Gasteiger charge is -2.34. The first-order valence-electron chi connectivity index (χ1n) is 9.79. The molecule has 0 unspecified atom stereocenters. The average molecular weight is 424 g/mol. The van der Waals surface area contributed by atoms with Gasteiger partial charge in [-0.05, 0) is 49.4 Å². The summed E-state index contributed by atoms with van der Waals surface area (Å²) in [4.78, 5) is 8.57. The summed E-state index contributed by atoms with van der Waals surface area (Å²) in [5.41, 5.74) is 2.86. The predicted molar refractivity (Wildman–Crippen MR) is 111 cm³/mol. The Morgan fingerprint density at radius 2 is 1.97 bits per heavy atom. The molecule has 0 atom stereocenters. The molecule has 6 nitrogen and oxygen atoms in total. The van der Waals surface area contributed by atoms with Crippen molar-refractivity contribution in [3.8, 4) is 23.0 Å². The van der Waals surface area contributed by atoms with Gasteiger partial charge in [0.05, 0.1) is 6.54 Å². The van der Waals surface area contributed by atoms with E-state index in [1.54, 1.807) is 12.3 Å². The zero-order valence-electron chi connectivity index (χ0n) is 16.3. The van der Waals surface area contributed by atoms with E-state index < -0.39 is 5.67 Å². The first kappa shape index (κ1) is 18.9. The third-order valence-electron chi connectivity index (χ3n) is 5.55. The summed E-state index contributed by atoms with van der Waals surface area (Å²) in [6, 6.07) is 12.8. The molecule has 0 saturated heterocycles. The van der Waals surface area contributed by atoms with Crippen LogP contribution in [-0.2, 0) is 12.2 Å². The van der Waals surface area contributed by atoms with Gasteiger partial charge in [0, 0.05) is 17.5 Å². The number of benzene rings is 1. The van der Waals surface area contributed by atoms with Gasteiger partial charge in [0.15, 0.2) is 5.69 Å². The van der Waals surface area contributed by atoms with Crippen LogP contribution in [0.1, 0.15) is 36.1 Å². The van der Waals surface area contributed by atoms with Crippen LogP contribution in [0.3, 0.4) is 0 Å². The monoisotopic (exact) mass is 423 g/mol. The number of hydrogen-bond donors (Lipinski definition) is 0. The van der Waals surface area contributed by atoms with Gasteiger partial charge < -0.3 is 4.52 Å². The molecule has 152 valence electrons. The third kappa shape index (κ3) is 3.50. The molecule has 1 fully saturated rings. The molecule has 30 heavy (non-hydrogen) atoms. The fraction of sp³-hybridized carbons (Fsp3) is 0.273. The Hall–Kier alpha value is -3.06. The molecule has 0 amide bonds. The minimum absolute atomic E-state index is 0.339. The minimum Gasteiger partial charge on any atom is -0.332 e. The van der Waals surface area contributed by atoms with Crippen LogP contribution in [-0.4, -0.2) is 24.9 Å². The molecule has 0 bridgehead atoms. The van der Waals surface area contributed by atoms with Crippen molar-refractivity contribution < 1.29 is 8.91 Å². The standard InChI is InChI=1S/C22H19ClFN5O/c1-14-11-18(27-29(14)13-15-3-8-19(23)25-12-15)21-26-20(28-30-21)16-4-6-17(7-5-16)22(24)9-2-10-22/h3-8,11-12H,2,9-10,13H2,1H3. The number of pyridine rings is 1. The van der Waals surface area contributed by atoms with Crippen molar-refractivity contribution in [3.05, 3.63) is 70.6 Å². The average Bonchev–Trinajstić information content (AvgIpc) is 3.35. The lowest BCUT2D eigenvalue weighted by molar-refractivity contribution is 0.0609. The fourth-order valence-electron chi connectivity index (χ4n) is 3.59. The predicted octanol–water partition coefficient (Wildman–Crippen LogP) is 5.35. The smallest absolute Gasteiger partial charge is 0.278 e. The highest BCUT2D eigenvalue weighted by molar-refractivity contribution is 6.29. The Balaban J connectivity index is 1.36. The number of alkyl halides is 1. The molecule has 3 heterocycles. The molecule has 0 N–H and O–H groups in total. The minimum atomic E-state index is -1.18. The van der Waals surface area contributed by atoms with Gasteiger partial charge in [0.1, 0.15) is 10.8 Å². The van der Waals surface area contributed by atoms with E-state index in [2.05, 4.69) is 20.2 Å². The quantitative estimate of drug-likeness (QED) is 0.404. The molecule has 4 aromatic rings. The van der Waals surface area contributed by atoms with Crippen molar-refractivity contribution in [2.75, 3.05) is 0 Å². The van der Waals surface area contributed by atoms with E-state index in [9.17, 15) is 4.39 Å². The van der Waals surface area contributed by atoms with Gasteiger partial charge in [-0.15, -0.1) is 0 Å². The third-order valence-corrected chi connectivity index (χ3v) is 5.78. The van der Waals surface area contributed by atoms with Crippen LogP contribution in [0, 0.1) is 6.92 Å². The molecule has 0 spiro atoms. The van der Waals surface area contributed by atoms with Gasteiger partial charge >= 0.3 is 0 Å². The summed E-state index contributed by atoms with van der Waals surface area (Å²) in [6.45, 7) is 2.52.